The summed E-state index contributed by atoms with van der Waals surface area (Å²) >= 11 is 0. The van der Waals surface area contributed by atoms with Crippen molar-refractivity contribution in [1.82, 2.24) is 0 Å². The van der Waals surface area contributed by atoms with Gasteiger partial charge in [-0.25, -0.2) is 0 Å². The lowest BCUT2D eigenvalue weighted by atomic mass is 10.1. The van der Waals surface area contributed by atoms with Crippen LogP contribution >= 0.6 is 0 Å². The average Bonchev–Trinajstić information content (AvgIpc) is 2.77. The van der Waals surface area contributed by atoms with Crippen molar-refractivity contribution >= 4 is 0 Å². The van der Waals surface area contributed by atoms with Gasteiger partial charge in [-0.1, -0.05) is 41.5 Å². The van der Waals surface area contributed by atoms with Crippen molar-refractivity contribution in [1.29, 1.82) is 0 Å². The smallest absolute Gasteiger partial charge is 0.00582 e. The van der Waals surface area contributed by atoms with E-state index in [1.54, 1.807) is 11.1 Å². The van der Waals surface area contributed by atoms with Crippen LogP contribution in [0.3, 0.4) is 0 Å². The van der Waals surface area contributed by atoms with Gasteiger partial charge >= 0.3 is 0 Å². The molecule has 0 bridgehead atoms. The summed E-state index contributed by atoms with van der Waals surface area (Å²) in [6.07, 6.45) is 14.9. The topological polar surface area (TPSA) is 0 Å². The SMILES string of the molecule is CC1=CC2=CC2C1.CC1=CC=CCC1. The number of hydrogen-bond acceptors (Lipinski definition) is 0. The zero-order chi connectivity index (χ0) is 9.97. The van der Waals surface area contributed by atoms with Crippen molar-refractivity contribution in [3.8, 4) is 0 Å². The van der Waals surface area contributed by atoms with E-state index in [1.165, 1.54) is 24.8 Å². The molecule has 0 aromatic rings. The summed E-state index contributed by atoms with van der Waals surface area (Å²) in [5, 5.41) is 0. The maximum Gasteiger partial charge on any atom is 0.00582 e. The molecule has 0 nitrogen and oxygen atoms in total. The van der Waals surface area contributed by atoms with E-state index in [-0.39, 0.29) is 0 Å². The molecule has 0 saturated heterocycles. The second-order valence-corrected chi connectivity index (χ2v) is 4.45. The van der Waals surface area contributed by atoms with Gasteiger partial charge in [0.1, 0.15) is 0 Å². The molecule has 0 radical (unpaired) electrons. The molecule has 0 aromatic carbocycles. The third kappa shape index (κ3) is 2.47. The number of fused-ring (bicyclic) bond motifs is 1. The first kappa shape index (κ1) is 9.51. The van der Waals surface area contributed by atoms with Gasteiger partial charge in [-0.05, 0) is 38.7 Å². The molecule has 0 N–H and O–H groups in total. The molecule has 1 atom stereocenters. The fourth-order valence-corrected chi connectivity index (χ4v) is 1.93. The van der Waals surface area contributed by atoms with Gasteiger partial charge in [0.2, 0.25) is 0 Å². The van der Waals surface area contributed by atoms with Crippen LogP contribution in [0.15, 0.2) is 47.1 Å². The van der Waals surface area contributed by atoms with Gasteiger partial charge in [0.05, 0.1) is 0 Å². The third-order valence-electron chi connectivity index (χ3n) is 2.89. The summed E-state index contributed by atoms with van der Waals surface area (Å²) < 4.78 is 0. The lowest BCUT2D eigenvalue weighted by Crippen LogP contribution is -1.78. The highest BCUT2D eigenvalue weighted by Gasteiger charge is 2.27. The highest BCUT2D eigenvalue weighted by atomic mass is 14.3. The predicted molar refractivity (Wildman–Crippen MR) is 62.1 cm³/mol. The lowest BCUT2D eigenvalue weighted by molar-refractivity contribution is 0.910. The molecule has 1 unspecified atom stereocenters. The fourth-order valence-electron chi connectivity index (χ4n) is 1.93. The first-order valence-corrected chi connectivity index (χ1v) is 5.47. The largest absolute Gasteiger partial charge is 0.0842 e. The fraction of sp³-hybridized carbons (Fsp3) is 0.429. The molecule has 0 heteroatoms. The zero-order valence-corrected chi connectivity index (χ0v) is 9.09. The maximum absolute atomic E-state index is 2.33. The molecule has 0 amide bonds. The van der Waals surface area contributed by atoms with Crippen LogP contribution in [0.25, 0.3) is 0 Å². The first-order valence-electron chi connectivity index (χ1n) is 5.47. The van der Waals surface area contributed by atoms with Gasteiger partial charge < -0.3 is 0 Å². The summed E-state index contributed by atoms with van der Waals surface area (Å²) in [5.41, 5.74) is 4.64. The molecule has 0 saturated carbocycles. The molecule has 0 aromatic heterocycles. The minimum Gasteiger partial charge on any atom is -0.0842 e. The molecule has 0 aliphatic heterocycles. The first-order chi connectivity index (χ1) is 6.75. The Labute approximate surface area is 86.7 Å². The Balaban J connectivity index is 0.000000107. The highest BCUT2D eigenvalue weighted by molar-refractivity contribution is 5.47. The van der Waals surface area contributed by atoms with Crippen LogP contribution in [0.2, 0.25) is 0 Å². The molecule has 0 spiro atoms. The predicted octanol–water partition coefficient (Wildman–Crippen LogP) is 4.18. The summed E-state index contributed by atoms with van der Waals surface area (Å²) in [5.74, 6) is 0.889. The highest BCUT2D eigenvalue weighted by Crippen LogP contribution is 2.42. The van der Waals surface area contributed by atoms with Crippen LogP contribution < -0.4 is 0 Å². The van der Waals surface area contributed by atoms with Crippen molar-refractivity contribution in [3.63, 3.8) is 0 Å². The van der Waals surface area contributed by atoms with Crippen molar-refractivity contribution in [2.75, 3.05) is 0 Å². The van der Waals surface area contributed by atoms with E-state index >= 15 is 0 Å². The summed E-state index contributed by atoms with van der Waals surface area (Å²) in [6.45, 7) is 4.37. The second-order valence-electron chi connectivity index (χ2n) is 4.45. The molecular formula is C14H18. The molecule has 3 aliphatic rings. The van der Waals surface area contributed by atoms with Crippen LogP contribution in [0, 0.1) is 5.92 Å². The van der Waals surface area contributed by atoms with E-state index in [0.717, 1.165) is 5.92 Å². The van der Waals surface area contributed by atoms with Crippen molar-refractivity contribution < 1.29 is 0 Å². The Morgan fingerprint density at radius 2 is 2.07 bits per heavy atom. The van der Waals surface area contributed by atoms with Crippen molar-refractivity contribution in [2.24, 2.45) is 5.92 Å². The number of rotatable bonds is 0. The zero-order valence-electron chi connectivity index (χ0n) is 9.09. The van der Waals surface area contributed by atoms with E-state index in [4.69, 9.17) is 0 Å². The molecule has 3 aliphatic carbocycles. The normalized spacial score (nSPS) is 26.7. The molecule has 3 rings (SSSR count). The van der Waals surface area contributed by atoms with Crippen LogP contribution in [0.1, 0.15) is 33.1 Å². The standard InChI is InChI=1S/C7H8.C7H10/c1-5-2-6-4-7(6)3-5;1-7-5-3-2-4-6-7/h2,4,7H,3H2,1H3;2-3,5H,4,6H2,1H3. The number of allylic oxidation sites excluding steroid dienone is 8. The van der Waals surface area contributed by atoms with E-state index < -0.39 is 0 Å². The Hall–Kier alpha value is -1.04. The van der Waals surface area contributed by atoms with Crippen LogP contribution in [0.4, 0.5) is 0 Å². The number of hydrogen-bond donors (Lipinski definition) is 0. The second kappa shape index (κ2) is 4.00. The molecule has 74 valence electrons. The van der Waals surface area contributed by atoms with Gasteiger partial charge in [0.15, 0.2) is 0 Å². The van der Waals surface area contributed by atoms with Gasteiger partial charge in [-0.15, -0.1) is 0 Å². The molecule has 0 fully saturated rings. The minimum absolute atomic E-state index is 0.889. The lowest BCUT2D eigenvalue weighted by Gasteiger charge is -1.98. The van der Waals surface area contributed by atoms with Crippen LogP contribution in [-0.4, -0.2) is 0 Å². The summed E-state index contributed by atoms with van der Waals surface area (Å²) in [4.78, 5) is 0. The molecule has 14 heavy (non-hydrogen) atoms. The van der Waals surface area contributed by atoms with E-state index in [1.807, 2.05) is 0 Å². The van der Waals surface area contributed by atoms with Crippen LogP contribution in [-0.2, 0) is 0 Å². The Morgan fingerprint density at radius 1 is 1.21 bits per heavy atom. The molecule has 0 heterocycles. The Bertz CT molecular complexity index is 337. The van der Waals surface area contributed by atoms with Gasteiger partial charge in [0, 0.05) is 5.92 Å². The Morgan fingerprint density at radius 3 is 2.36 bits per heavy atom. The van der Waals surface area contributed by atoms with E-state index in [0.29, 0.717) is 0 Å². The van der Waals surface area contributed by atoms with Gasteiger partial charge in [0.25, 0.3) is 0 Å². The van der Waals surface area contributed by atoms with Crippen molar-refractivity contribution in [2.45, 2.75) is 33.1 Å². The Kier molecular flexibility index (Phi) is 2.72. The summed E-state index contributed by atoms with van der Waals surface area (Å²) in [7, 11) is 0. The monoisotopic (exact) mass is 186 g/mol. The third-order valence-corrected chi connectivity index (χ3v) is 2.89. The maximum atomic E-state index is 2.33. The van der Waals surface area contributed by atoms with E-state index in [9.17, 15) is 0 Å². The quantitative estimate of drug-likeness (QED) is 0.532. The molecular weight excluding hydrogens is 168 g/mol. The van der Waals surface area contributed by atoms with Crippen LogP contribution in [0.5, 0.6) is 0 Å². The summed E-state index contributed by atoms with van der Waals surface area (Å²) in [6, 6.07) is 0. The van der Waals surface area contributed by atoms with Gasteiger partial charge in [-0.3, -0.25) is 0 Å². The van der Waals surface area contributed by atoms with Crippen molar-refractivity contribution in [3.05, 3.63) is 47.1 Å². The average molecular weight is 186 g/mol. The van der Waals surface area contributed by atoms with Gasteiger partial charge in [-0.2, -0.15) is 0 Å². The van der Waals surface area contributed by atoms with E-state index in [2.05, 4.69) is 44.2 Å². The minimum atomic E-state index is 0.889.